The second-order valence-corrected chi connectivity index (χ2v) is 21.0. The molecule has 0 radical (unpaired) electrons. The van der Waals surface area contributed by atoms with Crippen molar-refractivity contribution in [3.05, 3.63) is 71.9 Å². The largest absolute Gasteiger partial charge is 0.479 e. The third-order valence-electron chi connectivity index (χ3n) is 17.5. The lowest BCUT2D eigenvalue weighted by atomic mass is 9.46. The summed E-state index contributed by atoms with van der Waals surface area (Å²) in [7, 11) is 0. The Morgan fingerprint density at radius 1 is 0.746 bits per heavy atom. The number of aliphatic hydroxyl groups is 4. The van der Waals surface area contributed by atoms with Crippen LogP contribution < -0.4 is 5.32 Å². The highest BCUT2D eigenvalue weighted by Crippen LogP contribution is 2.68. The number of allylic oxidation sites excluding steroid dienone is 8. The summed E-state index contributed by atoms with van der Waals surface area (Å²) >= 11 is 1.40. The van der Waals surface area contributed by atoms with Crippen molar-refractivity contribution in [3.8, 4) is 0 Å². The average molecular weight is 825 g/mol. The molecule has 2 aromatic rings. The van der Waals surface area contributed by atoms with E-state index in [1.54, 1.807) is 24.3 Å². The Bertz CT molecular complexity index is 2250. The van der Waals surface area contributed by atoms with E-state index < -0.39 is 46.1 Å². The SMILES string of the molecule is CC12C=CC(=O)C=C1CCC1C2[C@@H](O)CC2(C)C1CC[C@]2(O)C(=O)Nc1nc2ccccc2s1.CC12C=CC(=O)C=C1CCC1C2[C@@H](O)CC2(C)C1CC[C@]2(O)C(=O)O. The minimum atomic E-state index is -1.76. The second-order valence-electron chi connectivity index (χ2n) is 20.0. The Kier molecular flexibility index (Phi) is 9.35. The molecule has 1 heterocycles. The first-order valence-electron chi connectivity index (χ1n) is 21.4. The number of hydrogen-bond donors (Lipinski definition) is 6. The standard InChI is InChI=1S/C27H30N2O4S.C20H26O5/c1-25-11-9-16(30)13-15(25)7-8-17-18-10-12-27(33,26(18,2)14-20(31)22(17)25)23(32)29-24-28-19-5-3-4-6-21(19)34-24;1-18-7-5-12(21)9-11(18)3-4-13-14-6-8-20(25,17(23)24)19(14,2)10-15(22)16(13)18/h3-6,9,11,13,17-18,20,22,31,33H,7-8,10,12,14H2,1-2H3,(H,28,29,32);5,7,9,13-16,22,25H,3-4,6,8,10H2,1-2H3,(H,23,24)/t17?,18?,20-,22?,25?,26?,27-;13?,14?,15-,16?,18?,19?,20-/m00/s1. The molecule has 8 aliphatic carbocycles. The molecule has 6 saturated carbocycles. The molecule has 1 aromatic heterocycles. The Morgan fingerprint density at radius 2 is 1.24 bits per heavy atom. The fourth-order valence-electron chi connectivity index (χ4n) is 14.5. The number of carbonyl (C=O) groups excluding carboxylic acids is 3. The molecule has 8 aliphatic rings. The molecule has 6 N–H and O–H groups in total. The number of nitrogens with zero attached hydrogens (tertiary/aromatic N) is 1. The van der Waals surface area contributed by atoms with E-state index in [9.17, 15) is 44.7 Å². The van der Waals surface area contributed by atoms with E-state index in [1.807, 2.05) is 50.3 Å². The van der Waals surface area contributed by atoms with Gasteiger partial charge in [-0.25, -0.2) is 9.78 Å². The summed E-state index contributed by atoms with van der Waals surface area (Å²) in [6, 6.07) is 7.71. The highest BCUT2D eigenvalue weighted by molar-refractivity contribution is 7.22. The van der Waals surface area contributed by atoms with Gasteiger partial charge in [-0.05, 0) is 124 Å². The number of nitrogens with one attached hydrogen (secondary N) is 1. The zero-order chi connectivity index (χ0) is 42.1. The maximum atomic E-state index is 13.5. The molecule has 0 spiro atoms. The van der Waals surface area contributed by atoms with Gasteiger partial charge in [0, 0.05) is 33.5 Å². The van der Waals surface area contributed by atoms with Crippen LogP contribution >= 0.6 is 11.3 Å². The van der Waals surface area contributed by atoms with Crippen molar-refractivity contribution in [2.75, 3.05) is 5.32 Å². The van der Waals surface area contributed by atoms with E-state index in [0.29, 0.717) is 24.4 Å². The first kappa shape index (κ1) is 40.6. The van der Waals surface area contributed by atoms with E-state index in [-0.39, 0.29) is 70.7 Å². The summed E-state index contributed by atoms with van der Waals surface area (Å²) < 4.78 is 0.981. The summed E-state index contributed by atoms with van der Waals surface area (Å²) in [6.45, 7) is 8.04. The van der Waals surface area contributed by atoms with Crippen LogP contribution in [0.15, 0.2) is 71.9 Å². The number of carboxylic acid groups (broad SMARTS) is 1. The predicted octanol–water partition coefficient (Wildman–Crippen LogP) is 6.33. The number of thiazole rings is 1. The van der Waals surface area contributed by atoms with Gasteiger partial charge in [-0.15, -0.1) is 0 Å². The van der Waals surface area contributed by atoms with Crippen LogP contribution in [0.4, 0.5) is 5.13 Å². The van der Waals surface area contributed by atoms with Crippen molar-refractivity contribution in [1.82, 2.24) is 4.98 Å². The zero-order valence-corrected chi connectivity index (χ0v) is 35.0. The average Bonchev–Trinajstić information content (AvgIpc) is 3.81. The van der Waals surface area contributed by atoms with Gasteiger partial charge < -0.3 is 25.5 Å². The van der Waals surface area contributed by atoms with Gasteiger partial charge in [0.2, 0.25) is 0 Å². The third-order valence-corrected chi connectivity index (χ3v) is 18.5. The lowest BCUT2D eigenvalue weighted by molar-refractivity contribution is -0.192. The quantitative estimate of drug-likeness (QED) is 0.204. The molecule has 1 aromatic carbocycles. The normalized spacial score (nSPS) is 45.4. The zero-order valence-electron chi connectivity index (χ0n) is 34.2. The molecule has 10 rings (SSSR count). The second kappa shape index (κ2) is 13.6. The molecule has 14 atom stereocenters. The van der Waals surface area contributed by atoms with Crippen molar-refractivity contribution in [2.24, 2.45) is 57.2 Å². The van der Waals surface area contributed by atoms with Gasteiger partial charge in [0.15, 0.2) is 22.3 Å². The molecule has 1 amide bonds. The number of aromatic nitrogens is 1. The summed E-state index contributed by atoms with van der Waals surface area (Å²) in [4.78, 5) is 53.6. The summed E-state index contributed by atoms with van der Waals surface area (Å²) in [6.07, 6.45) is 15.2. The fourth-order valence-corrected chi connectivity index (χ4v) is 15.4. The molecule has 11 nitrogen and oxygen atoms in total. The van der Waals surface area contributed by atoms with Crippen LogP contribution in [0.1, 0.15) is 91.9 Å². The first-order valence-corrected chi connectivity index (χ1v) is 22.2. The number of carbonyl (C=O) groups is 4. The highest BCUT2D eigenvalue weighted by Gasteiger charge is 2.70. The third kappa shape index (κ3) is 5.68. The summed E-state index contributed by atoms with van der Waals surface area (Å²) in [5.74, 6) is -1.11. The molecule has 59 heavy (non-hydrogen) atoms. The molecule has 314 valence electrons. The van der Waals surface area contributed by atoms with Gasteiger partial charge in [0.1, 0.15) is 5.60 Å². The van der Waals surface area contributed by atoms with Gasteiger partial charge in [0.05, 0.1) is 22.4 Å². The molecule has 6 fully saturated rings. The smallest absolute Gasteiger partial charge is 0.336 e. The molecule has 0 saturated heterocycles. The Hall–Kier alpha value is -3.81. The van der Waals surface area contributed by atoms with Crippen molar-refractivity contribution in [1.29, 1.82) is 0 Å². The lowest BCUT2D eigenvalue weighted by Gasteiger charge is -2.59. The summed E-state index contributed by atoms with van der Waals surface area (Å²) in [5.41, 5.74) is -2.61. The minimum absolute atomic E-state index is 0.00202. The van der Waals surface area contributed by atoms with Crippen LogP contribution in [0, 0.1) is 57.2 Å². The number of aliphatic carboxylic acids is 1. The van der Waals surface area contributed by atoms with Gasteiger partial charge >= 0.3 is 5.97 Å². The van der Waals surface area contributed by atoms with Gasteiger partial charge in [-0.3, -0.25) is 19.7 Å². The van der Waals surface area contributed by atoms with Crippen molar-refractivity contribution < 1.29 is 44.7 Å². The monoisotopic (exact) mass is 824 g/mol. The number of benzene rings is 1. The van der Waals surface area contributed by atoms with E-state index in [4.69, 9.17) is 0 Å². The molecule has 12 heteroatoms. The van der Waals surface area contributed by atoms with Gasteiger partial charge in [-0.2, -0.15) is 0 Å². The lowest BCUT2D eigenvalue weighted by Crippen LogP contribution is -2.62. The molecule has 0 aliphatic heterocycles. The number of carboxylic acids is 1. The number of amides is 1. The van der Waals surface area contributed by atoms with Crippen LogP contribution in [-0.2, 0) is 19.2 Å². The van der Waals surface area contributed by atoms with Crippen LogP contribution in [0.25, 0.3) is 10.2 Å². The van der Waals surface area contributed by atoms with Crippen molar-refractivity contribution in [3.63, 3.8) is 0 Å². The number of rotatable bonds is 3. The van der Waals surface area contributed by atoms with Crippen LogP contribution in [0.3, 0.4) is 0 Å². The van der Waals surface area contributed by atoms with E-state index in [0.717, 1.165) is 53.5 Å². The number of fused-ring (bicyclic) bond motifs is 11. The number of hydrogen-bond acceptors (Lipinski definition) is 10. The topological polar surface area (TPSA) is 194 Å². The maximum Gasteiger partial charge on any atom is 0.336 e. The van der Waals surface area contributed by atoms with Crippen molar-refractivity contribution in [2.45, 2.75) is 115 Å². The Labute approximate surface area is 348 Å². The fraction of sp³-hybridized carbons (Fsp3) is 0.596. The first-order chi connectivity index (χ1) is 27.8. The van der Waals surface area contributed by atoms with Crippen LogP contribution in [-0.4, -0.2) is 77.4 Å². The van der Waals surface area contributed by atoms with E-state index in [2.05, 4.69) is 24.1 Å². The number of anilines is 1. The molecule has 0 bridgehead atoms. The molecule has 10 unspecified atom stereocenters. The number of para-hydroxylation sites is 1. The Balaban J connectivity index is 0.000000160. The predicted molar refractivity (Wildman–Crippen MR) is 222 cm³/mol. The molecular weight excluding hydrogens is 769 g/mol. The number of ketones is 2. The van der Waals surface area contributed by atoms with E-state index in [1.165, 1.54) is 11.3 Å². The Morgan fingerprint density at radius 3 is 1.75 bits per heavy atom. The van der Waals surface area contributed by atoms with Crippen LogP contribution in [0.2, 0.25) is 0 Å². The van der Waals surface area contributed by atoms with Crippen LogP contribution in [0.5, 0.6) is 0 Å². The highest BCUT2D eigenvalue weighted by atomic mass is 32.1. The molecular formula is C47H56N2O9S. The minimum Gasteiger partial charge on any atom is -0.479 e. The van der Waals surface area contributed by atoms with Crippen molar-refractivity contribution >= 4 is 50.1 Å². The maximum absolute atomic E-state index is 13.5. The summed E-state index contributed by atoms with van der Waals surface area (Å²) in [5, 5.41) is 58.3. The van der Waals surface area contributed by atoms with Gasteiger partial charge in [-0.1, -0.05) is 74.5 Å². The van der Waals surface area contributed by atoms with E-state index >= 15 is 0 Å². The van der Waals surface area contributed by atoms with Gasteiger partial charge in [0.25, 0.3) is 5.91 Å². The number of aliphatic hydroxyl groups excluding tert-OH is 2.